The lowest BCUT2D eigenvalue weighted by Crippen LogP contribution is -2.19. The summed E-state index contributed by atoms with van der Waals surface area (Å²) in [6, 6.07) is 0. The number of hydrogen-bond acceptors (Lipinski definition) is 1. The van der Waals surface area contributed by atoms with Gasteiger partial charge in [0, 0.05) is 7.11 Å². The van der Waals surface area contributed by atoms with Gasteiger partial charge in [0.25, 0.3) is 0 Å². The molecule has 0 amide bonds. The average Bonchev–Trinajstić information content (AvgIpc) is 2.14. The highest BCUT2D eigenvalue weighted by molar-refractivity contribution is 4.64. The van der Waals surface area contributed by atoms with E-state index in [4.69, 9.17) is 4.74 Å². The molecule has 0 spiro atoms. The van der Waals surface area contributed by atoms with Crippen LogP contribution >= 0.6 is 0 Å². The lowest BCUT2D eigenvalue weighted by molar-refractivity contribution is 0.0515. The predicted octanol–water partition coefficient (Wildman–Crippen LogP) is 4.02. The van der Waals surface area contributed by atoms with Gasteiger partial charge < -0.3 is 4.74 Å². The average molecular weight is 186 g/mol. The van der Waals surface area contributed by atoms with Crippen molar-refractivity contribution < 1.29 is 4.74 Å². The zero-order valence-corrected chi connectivity index (χ0v) is 9.81. The van der Waals surface area contributed by atoms with E-state index < -0.39 is 0 Å². The van der Waals surface area contributed by atoms with Crippen molar-refractivity contribution in [3.05, 3.63) is 0 Å². The molecular formula is C12H26O. The zero-order valence-electron chi connectivity index (χ0n) is 9.81. The molecule has 0 aromatic carbocycles. The van der Waals surface area contributed by atoms with Crippen LogP contribution in [0.3, 0.4) is 0 Å². The van der Waals surface area contributed by atoms with Gasteiger partial charge in [-0.1, -0.05) is 46.5 Å². The maximum absolute atomic E-state index is 5.42. The Labute approximate surface area is 83.9 Å². The molecule has 2 unspecified atom stereocenters. The summed E-state index contributed by atoms with van der Waals surface area (Å²) in [5, 5.41) is 0. The van der Waals surface area contributed by atoms with E-state index >= 15 is 0 Å². The van der Waals surface area contributed by atoms with Crippen molar-refractivity contribution in [3.8, 4) is 0 Å². The number of rotatable bonds is 8. The molecule has 0 bridgehead atoms. The summed E-state index contributed by atoms with van der Waals surface area (Å²) >= 11 is 0. The molecule has 0 heterocycles. The number of unbranched alkanes of at least 4 members (excludes halogenated alkanes) is 3. The van der Waals surface area contributed by atoms with E-state index in [0.717, 1.165) is 12.3 Å². The molecule has 2 atom stereocenters. The molecule has 80 valence electrons. The van der Waals surface area contributed by atoms with Crippen LogP contribution in [0.25, 0.3) is 0 Å². The summed E-state index contributed by atoms with van der Waals surface area (Å²) in [6.45, 7) is 6.77. The molecule has 0 saturated heterocycles. The van der Waals surface area contributed by atoms with E-state index in [1.807, 2.05) is 7.11 Å². The monoisotopic (exact) mass is 186 g/mol. The van der Waals surface area contributed by atoms with Gasteiger partial charge in [-0.2, -0.15) is 0 Å². The molecule has 1 heteroatoms. The molecule has 0 N–H and O–H groups in total. The van der Waals surface area contributed by atoms with E-state index in [0.29, 0.717) is 6.10 Å². The van der Waals surface area contributed by atoms with Crippen molar-refractivity contribution in [1.82, 2.24) is 0 Å². The molecule has 0 saturated carbocycles. The smallest absolute Gasteiger partial charge is 0.0594 e. The Bertz CT molecular complexity index is 97.3. The Hall–Kier alpha value is -0.0400. The van der Waals surface area contributed by atoms with Crippen LogP contribution in [0.15, 0.2) is 0 Å². The molecule has 0 rings (SSSR count). The normalized spacial score (nSPS) is 15.7. The Kier molecular flexibility index (Phi) is 8.53. The highest BCUT2D eigenvalue weighted by Crippen LogP contribution is 2.17. The second-order valence-corrected chi connectivity index (χ2v) is 4.01. The van der Waals surface area contributed by atoms with Crippen molar-refractivity contribution in [3.63, 3.8) is 0 Å². The molecule has 0 radical (unpaired) electrons. The molecule has 0 aliphatic carbocycles. The molecule has 0 aliphatic heterocycles. The van der Waals surface area contributed by atoms with Gasteiger partial charge >= 0.3 is 0 Å². The molecule has 1 nitrogen and oxygen atoms in total. The van der Waals surface area contributed by atoms with Crippen LogP contribution in [0, 0.1) is 5.92 Å². The third-order valence-corrected chi connectivity index (χ3v) is 2.85. The first-order valence-electron chi connectivity index (χ1n) is 5.79. The molecule has 13 heavy (non-hydrogen) atoms. The molecule has 0 aliphatic rings. The predicted molar refractivity (Wildman–Crippen MR) is 59.0 cm³/mol. The van der Waals surface area contributed by atoms with Crippen LogP contribution < -0.4 is 0 Å². The van der Waals surface area contributed by atoms with Gasteiger partial charge in [-0.3, -0.25) is 0 Å². The summed E-state index contributed by atoms with van der Waals surface area (Å²) < 4.78 is 5.42. The summed E-state index contributed by atoms with van der Waals surface area (Å²) in [5.74, 6) is 0.729. The third-order valence-electron chi connectivity index (χ3n) is 2.85. The van der Waals surface area contributed by atoms with Crippen LogP contribution in [0.1, 0.15) is 59.3 Å². The van der Waals surface area contributed by atoms with E-state index in [1.165, 1.54) is 32.1 Å². The summed E-state index contributed by atoms with van der Waals surface area (Å²) in [5.41, 5.74) is 0. The fourth-order valence-electron chi connectivity index (χ4n) is 1.88. The minimum absolute atomic E-state index is 0.474. The fourth-order valence-corrected chi connectivity index (χ4v) is 1.88. The number of ether oxygens (including phenoxy) is 1. The largest absolute Gasteiger partial charge is 0.381 e. The summed E-state index contributed by atoms with van der Waals surface area (Å²) in [4.78, 5) is 0. The summed E-state index contributed by atoms with van der Waals surface area (Å²) in [7, 11) is 1.83. The van der Waals surface area contributed by atoms with Gasteiger partial charge in [-0.15, -0.1) is 0 Å². The van der Waals surface area contributed by atoms with Crippen LogP contribution in [-0.4, -0.2) is 13.2 Å². The lowest BCUT2D eigenvalue weighted by atomic mass is 9.95. The van der Waals surface area contributed by atoms with Gasteiger partial charge in [0.1, 0.15) is 0 Å². The Morgan fingerprint density at radius 3 is 2.23 bits per heavy atom. The molecule has 0 fully saturated rings. The SMILES string of the molecule is CCCCCCC(C)C(CC)OC. The Morgan fingerprint density at radius 1 is 1.08 bits per heavy atom. The third kappa shape index (κ3) is 6.09. The molecule has 0 aromatic rings. The maximum atomic E-state index is 5.42. The van der Waals surface area contributed by atoms with E-state index in [1.54, 1.807) is 0 Å². The van der Waals surface area contributed by atoms with Gasteiger partial charge in [-0.05, 0) is 18.8 Å². The standard InChI is InChI=1S/C12H26O/c1-5-7-8-9-10-11(3)12(6-2)13-4/h11-12H,5-10H2,1-4H3. The fraction of sp³-hybridized carbons (Fsp3) is 1.00. The topological polar surface area (TPSA) is 9.23 Å². The minimum atomic E-state index is 0.474. The Morgan fingerprint density at radius 2 is 1.77 bits per heavy atom. The second-order valence-electron chi connectivity index (χ2n) is 4.01. The second kappa shape index (κ2) is 8.55. The highest BCUT2D eigenvalue weighted by Gasteiger charge is 2.13. The first-order chi connectivity index (χ1) is 6.26. The van der Waals surface area contributed by atoms with Gasteiger partial charge in [-0.25, -0.2) is 0 Å². The quantitative estimate of drug-likeness (QED) is 0.520. The van der Waals surface area contributed by atoms with Crippen LogP contribution in [0.5, 0.6) is 0 Å². The van der Waals surface area contributed by atoms with Crippen molar-refractivity contribution in [1.29, 1.82) is 0 Å². The minimum Gasteiger partial charge on any atom is -0.381 e. The molecule has 0 aromatic heterocycles. The maximum Gasteiger partial charge on any atom is 0.0594 e. The van der Waals surface area contributed by atoms with Crippen LogP contribution in [0.4, 0.5) is 0 Å². The van der Waals surface area contributed by atoms with Crippen molar-refractivity contribution in [2.24, 2.45) is 5.92 Å². The first kappa shape index (κ1) is 13.0. The lowest BCUT2D eigenvalue weighted by Gasteiger charge is -2.20. The zero-order chi connectivity index (χ0) is 10.1. The van der Waals surface area contributed by atoms with E-state index in [2.05, 4.69) is 20.8 Å². The van der Waals surface area contributed by atoms with Crippen molar-refractivity contribution in [2.75, 3.05) is 7.11 Å². The Balaban J connectivity index is 3.42. The van der Waals surface area contributed by atoms with Crippen LogP contribution in [-0.2, 0) is 4.74 Å². The van der Waals surface area contributed by atoms with Crippen LogP contribution in [0.2, 0.25) is 0 Å². The summed E-state index contributed by atoms with van der Waals surface area (Å²) in [6.07, 6.45) is 8.42. The first-order valence-corrected chi connectivity index (χ1v) is 5.79. The van der Waals surface area contributed by atoms with E-state index in [-0.39, 0.29) is 0 Å². The number of hydrogen-bond donors (Lipinski definition) is 0. The highest BCUT2D eigenvalue weighted by atomic mass is 16.5. The number of methoxy groups -OCH3 is 1. The van der Waals surface area contributed by atoms with Gasteiger partial charge in [0.15, 0.2) is 0 Å². The van der Waals surface area contributed by atoms with Gasteiger partial charge in [0.2, 0.25) is 0 Å². The van der Waals surface area contributed by atoms with Crippen molar-refractivity contribution in [2.45, 2.75) is 65.4 Å². The van der Waals surface area contributed by atoms with Crippen molar-refractivity contribution >= 4 is 0 Å². The van der Waals surface area contributed by atoms with Gasteiger partial charge in [0.05, 0.1) is 6.10 Å². The molecular weight excluding hydrogens is 160 g/mol. The van der Waals surface area contributed by atoms with E-state index in [9.17, 15) is 0 Å².